The Morgan fingerprint density at radius 2 is 1.89 bits per heavy atom. The average molecular weight is 379 g/mol. The molecule has 0 aliphatic carbocycles. The van der Waals surface area contributed by atoms with E-state index in [0.29, 0.717) is 18.0 Å². The van der Waals surface area contributed by atoms with Crippen molar-refractivity contribution in [2.45, 2.75) is 70.5 Å². The topological polar surface area (TPSA) is 35.2 Å². The molecule has 0 unspecified atom stereocenters. The van der Waals surface area contributed by atoms with Gasteiger partial charge >= 0.3 is 0 Å². The molecular weight excluding hydrogens is 344 g/mol. The molecule has 3 atom stereocenters. The van der Waals surface area contributed by atoms with Gasteiger partial charge in [-0.25, -0.2) is 4.98 Å². The minimum atomic E-state index is 0.635. The molecule has 4 aliphatic heterocycles. The number of fused-ring (bicyclic) bond motifs is 2. The minimum absolute atomic E-state index is 0.635. The van der Waals surface area contributed by atoms with Crippen LogP contribution in [0, 0.1) is 12.8 Å². The Morgan fingerprint density at radius 1 is 1.11 bits per heavy atom. The normalized spacial score (nSPS) is 32.0. The Labute approximate surface area is 169 Å². The molecule has 150 valence electrons. The molecule has 4 fully saturated rings. The summed E-state index contributed by atoms with van der Waals surface area (Å²) in [5, 5.41) is 0. The number of H-pyrrole nitrogens is 1. The Hall–Kier alpha value is -1.65. The van der Waals surface area contributed by atoms with E-state index in [1.54, 1.807) is 0 Å². The molecule has 0 amide bonds. The van der Waals surface area contributed by atoms with Gasteiger partial charge in [0.05, 0.1) is 0 Å². The van der Waals surface area contributed by atoms with Crippen molar-refractivity contribution in [1.29, 1.82) is 0 Å². The number of aromatic amines is 1. The van der Waals surface area contributed by atoms with Gasteiger partial charge in [0.25, 0.3) is 0 Å². The Balaban J connectivity index is 1.39. The first-order chi connectivity index (χ1) is 13.7. The first-order valence-electron chi connectivity index (χ1n) is 11.3. The van der Waals surface area contributed by atoms with Crippen molar-refractivity contribution in [1.82, 2.24) is 19.8 Å². The summed E-state index contributed by atoms with van der Waals surface area (Å²) in [6.07, 6.45) is 8.35. The SMILES string of the molecule is CCCCc1ncc(CN2C[C@H](c3ccc(C)cc3)[C@@H]3[C@H]2C2CCN3CC2)[nH]1. The molecule has 0 radical (unpaired) electrons. The molecular formula is C24H34N4. The number of imidazole rings is 1. The minimum Gasteiger partial charge on any atom is -0.345 e. The lowest BCUT2D eigenvalue weighted by molar-refractivity contribution is -0.00895. The standard InChI is InChI=1S/C24H34N4/c1-3-4-5-22-25-14-20(26-22)15-28-16-21(18-8-6-17(2)7-9-18)24-23(28)19-10-12-27(24)13-11-19/h6-9,14,19,21,23-24H,3-5,10-13,15-16H2,1-2H3,(H,25,26)/t21-,23-,24-/m1/s1. The molecule has 4 aliphatic rings. The first kappa shape index (κ1) is 18.4. The Kier molecular flexibility index (Phi) is 5.02. The number of rotatable bonds is 6. The maximum absolute atomic E-state index is 4.64. The van der Waals surface area contributed by atoms with Crippen LogP contribution < -0.4 is 0 Å². The molecule has 4 nitrogen and oxygen atoms in total. The third-order valence-electron chi connectivity index (χ3n) is 7.42. The number of aromatic nitrogens is 2. The van der Waals surface area contributed by atoms with E-state index in [4.69, 9.17) is 0 Å². The number of hydrogen-bond acceptors (Lipinski definition) is 3. The van der Waals surface area contributed by atoms with E-state index in [2.05, 4.69) is 64.1 Å². The van der Waals surface area contributed by atoms with E-state index in [0.717, 1.165) is 24.7 Å². The van der Waals surface area contributed by atoms with E-state index in [1.807, 2.05) is 0 Å². The maximum atomic E-state index is 4.64. The highest BCUT2D eigenvalue weighted by atomic mass is 15.3. The monoisotopic (exact) mass is 378 g/mol. The molecule has 4 heteroatoms. The second-order valence-electron chi connectivity index (χ2n) is 9.26. The highest BCUT2D eigenvalue weighted by molar-refractivity contribution is 5.30. The quantitative estimate of drug-likeness (QED) is 0.821. The summed E-state index contributed by atoms with van der Waals surface area (Å²) < 4.78 is 0. The van der Waals surface area contributed by atoms with Gasteiger partial charge in [0.1, 0.15) is 5.82 Å². The van der Waals surface area contributed by atoms with Crippen molar-refractivity contribution in [3.05, 3.63) is 53.1 Å². The fourth-order valence-corrected chi connectivity index (χ4v) is 6.01. The van der Waals surface area contributed by atoms with E-state index < -0.39 is 0 Å². The van der Waals surface area contributed by atoms with Crippen LogP contribution in [0.5, 0.6) is 0 Å². The maximum Gasteiger partial charge on any atom is 0.106 e. The van der Waals surface area contributed by atoms with Crippen LogP contribution in [0.3, 0.4) is 0 Å². The molecule has 2 aromatic rings. The van der Waals surface area contributed by atoms with Crippen LogP contribution in [-0.2, 0) is 13.0 Å². The van der Waals surface area contributed by atoms with Crippen molar-refractivity contribution in [3.8, 4) is 0 Å². The van der Waals surface area contributed by atoms with E-state index in [-0.39, 0.29) is 0 Å². The van der Waals surface area contributed by atoms with Gasteiger partial charge in [-0.2, -0.15) is 0 Å². The van der Waals surface area contributed by atoms with Gasteiger partial charge in [-0.05, 0) is 50.8 Å². The number of nitrogens with one attached hydrogen (secondary N) is 1. The van der Waals surface area contributed by atoms with Crippen LogP contribution in [0.2, 0.25) is 0 Å². The van der Waals surface area contributed by atoms with E-state index >= 15 is 0 Å². The second kappa shape index (κ2) is 7.64. The van der Waals surface area contributed by atoms with Gasteiger partial charge < -0.3 is 4.98 Å². The summed E-state index contributed by atoms with van der Waals surface area (Å²) in [5.41, 5.74) is 4.19. The van der Waals surface area contributed by atoms with Crippen LogP contribution >= 0.6 is 0 Å². The van der Waals surface area contributed by atoms with Crippen molar-refractivity contribution < 1.29 is 0 Å². The predicted octanol–water partition coefficient (Wildman–Crippen LogP) is 4.12. The second-order valence-corrected chi connectivity index (χ2v) is 9.26. The van der Waals surface area contributed by atoms with Gasteiger partial charge in [0.15, 0.2) is 0 Å². The number of piperidine rings is 3. The highest BCUT2D eigenvalue weighted by Gasteiger charge is 2.53. The Bertz CT molecular complexity index is 787. The predicted molar refractivity (Wildman–Crippen MR) is 113 cm³/mol. The fourth-order valence-electron chi connectivity index (χ4n) is 6.01. The molecule has 28 heavy (non-hydrogen) atoms. The number of nitrogens with zero attached hydrogens (tertiary/aromatic N) is 3. The van der Waals surface area contributed by atoms with Gasteiger partial charge in [-0.1, -0.05) is 43.2 Å². The van der Waals surface area contributed by atoms with Gasteiger partial charge in [0.2, 0.25) is 0 Å². The summed E-state index contributed by atoms with van der Waals surface area (Å²) in [7, 11) is 0. The third-order valence-corrected chi connectivity index (χ3v) is 7.42. The molecule has 1 N–H and O–H groups in total. The number of unbranched alkanes of at least 4 members (excludes halogenated alkanes) is 1. The summed E-state index contributed by atoms with van der Waals surface area (Å²) in [5.74, 6) is 2.67. The number of benzene rings is 1. The zero-order valence-electron chi connectivity index (χ0n) is 17.4. The van der Waals surface area contributed by atoms with Gasteiger partial charge in [-0.15, -0.1) is 0 Å². The molecule has 1 aromatic heterocycles. The highest BCUT2D eigenvalue weighted by Crippen LogP contribution is 2.46. The van der Waals surface area contributed by atoms with Crippen LogP contribution in [0.1, 0.15) is 61.2 Å². The Morgan fingerprint density at radius 3 is 2.64 bits per heavy atom. The van der Waals surface area contributed by atoms with Crippen molar-refractivity contribution in [2.75, 3.05) is 19.6 Å². The van der Waals surface area contributed by atoms with Crippen molar-refractivity contribution in [3.63, 3.8) is 0 Å². The molecule has 4 saturated heterocycles. The summed E-state index contributed by atoms with van der Waals surface area (Å²) in [6.45, 7) is 9.23. The smallest absolute Gasteiger partial charge is 0.106 e. The van der Waals surface area contributed by atoms with Crippen molar-refractivity contribution >= 4 is 0 Å². The largest absolute Gasteiger partial charge is 0.345 e. The third kappa shape index (κ3) is 3.31. The molecule has 5 heterocycles. The van der Waals surface area contributed by atoms with Gasteiger partial charge in [-0.3, -0.25) is 9.80 Å². The number of likely N-dealkylation sites (tertiary alicyclic amines) is 1. The molecule has 0 spiro atoms. The average Bonchev–Trinajstić information content (AvgIpc) is 3.34. The lowest BCUT2D eigenvalue weighted by Gasteiger charge is -2.51. The molecule has 0 saturated carbocycles. The number of aryl methyl sites for hydroxylation is 2. The molecule has 6 rings (SSSR count). The lowest BCUT2D eigenvalue weighted by Crippen LogP contribution is -2.60. The zero-order valence-corrected chi connectivity index (χ0v) is 17.4. The summed E-state index contributed by atoms with van der Waals surface area (Å²) >= 11 is 0. The van der Waals surface area contributed by atoms with Crippen molar-refractivity contribution in [2.24, 2.45) is 5.92 Å². The van der Waals surface area contributed by atoms with Gasteiger partial charge in [0, 0.05) is 49.4 Å². The molecule has 2 bridgehead atoms. The van der Waals surface area contributed by atoms with Crippen LogP contribution in [0.4, 0.5) is 0 Å². The zero-order chi connectivity index (χ0) is 19.1. The van der Waals surface area contributed by atoms with E-state index in [1.165, 1.54) is 62.1 Å². The lowest BCUT2D eigenvalue weighted by atomic mass is 9.75. The first-order valence-corrected chi connectivity index (χ1v) is 11.3. The summed E-state index contributed by atoms with van der Waals surface area (Å²) in [4.78, 5) is 13.8. The number of hydrogen-bond donors (Lipinski definition) is 1. The fraction of sp³-hybridized carbons (Fsp3) is 0.625. The van der Waals surface area contributed by atoms with Crippen LogP contribution in [0.25, 0.3) is 0 Å². The molecule has 1 aromatic carbocycles. The van der Waals surface area contributed by atoms with Crippen LogP contribution in [-0.4, -0.2) is 51.5 Å². The van der Waals surface area contributed by atoms with E-state index in [9.17, 15) is 0 Å². The van der Waals surface area contributed by atoms with Crippen LogP contribution in [0.15, 0.2) is 30.5 Å². The summed E-state index contributed by atoms with van der Waals surface area (Å²) in [6, 6.07) is 10.7.